The molecule has 1 aromatic rings. The van der Waals surface area contributed by atoms with Crippen LogP contribution in [0.5, 0.6) is 0 Å². The fraction of sp³-hybridized carbons (Fsp3) is 0.600. The fourth-order valence-electron chi connectivity index (χ4n) is 2.09. The van der Waals surface area contributed by atoms with E-state index in [0.717, 1.165) is 12.3 Å². The highest BCUT2D eigenvalue weighted by Gasteiger charge is 2.72. The zero-order valence-electron chi connectivity index (χ0n) is 10.2. The van der Waals surface area contributed by atoms with Crippen molar-refractivity contribution in [3.05, 3.63) is 27.4 Å². The van der Waals surface area contributed by atoms with Crippen molar-refractivity contribution in [2.45, 2.75) is 30.3 Å². The van der Waals surface area contributed by atoms with Crippen molar-refractivity contribution in [1.82, 2.24) is 9.55 Å². The first-order valence-electron chi connectivity index (χ1n) is 5.64. The third kappa shape index (κ3) is 2.39. The number of ether oxygens (including phenoxy) is 1. The Morgan fingerprint density at radius 2 is 2.14 bits per heavy atom. The van der Waals surface area contributed by atoms with Crippen LogP contribution < -0.4 is 5.56 Å². The van der Waals surface area contributed by atoms with E-state index in [1.807, 2.05) is 4.98 Å². The molecule has 0 bridgehead atoms. The van der Waals surface area contributed by atoms with Gasteiger partial charge >= 0.3 is 6.18 Å². The Labute approximate surface area is 119 Å². The number of H-pyrrole nitrogens is 1. The summed E-state index contributed by atoms with van der Waals surface area (Å²) in [6.07, 6.45) is -11.4. The molecule has 0 saturated carbocycles. The minimum absolute atomic E-state index is 0.510. The van der Waals surface area contributed by atoms with Crippen LogP contribution >= 0.6 is 12.2 Å². The van der Waals surface area contributed by atoms with Crippen molar-refractivity contribution < 1.29 is 32.5 Å². The molecule has 118 valence electrons. The third-order valence-electron chi connectivity index (χ3n) is 3.16. The number of aliphatic hydroxyl groups excluding tert-OH is 2. The van der Waals surface area contributed by atoms with Gasteiger partial charge in [-0.25, -0.2) is 4.39 Å². The fourth-order valence-corrected chi connectivity index (χ4v) is 2.34. The van der Waals surface area contributed by atoms with Crippen LogP contribution in [-0.4, -0.2) is 50.4 Å². The van der Waals surface area contributed by atoms with E-state index in [2.05, 4.69) is 12.2 Å². The maximum atomic E-state index is 14.5. The molecule has 1 aliphatic heterocycles. The molecule has 2 rings (SSSR count). The number of halogens is 4. The molecular formula is C10H10F4N2O4S. The molecule has 3 N–H and O–H groups in total. The second-order valence-corrected chi connectivity index (χ2v) is 4.82. The first kappa shape index (κ1) is 16.1. The summed E-state index contributed by atoms with van der Waals surface area (Å²) >= 11 is 4.66. The van der Waals surface area contributed by atoms with Crippen LogP contribution in [0.1, 0.15) is 6.23 Å². The van der Waals surface area contributed by atoms with E-state index in [4.69, 9.17) is 9.84 Å². The first-order valence-corrected chi connectivity index (χ1v) is 6.05. The number of hydrogen-bond donors (Lipinski definition) is 3. The molecule has 0 radical (unpaired) electrons. The smallest absolute Gasteiger partial charge is 0.394 e. The highest BCUT2D eigenvalue weighted by molar-refractivity contribution is 7.71. The number of aliphatic hydroxyl groups is 2. The monoisotopic (exact) mass is 330 g/mol. The van der Waals surface area contributed by atoms with Gasteiger partial charge < -0.3 is 14.9 Å². The molecule has 0 aliphatic carbocycles. The van der Waals surface area contributed by atoms with Crippen LogP contribution in [0.2, 0.25) is 0 Å². The van der Waals surface area contributed by atoms with Crippen LogP contribution in [0.3, 0.4) is 0 Å². The third-order valence-corrected chi connectivity index (χ3v) is 3.48. The summed E-state index contributed by atoms with van der Waals surface area (Å²) in [7, 11) is 0. The molecule has 21 heavy (non-hydrogen) atoms. The summed E-state index contributed by atoms with van der Waals surface area (Å²) in [5, 5.41) is 18.4. The molecule has 0 aromatic carbocycles. The maximum Gasteiger partial charge on any atom is 0.429 e. The lowest BCUT2D eigenvalue weighted by atomic mass is 9.95. The average Bonchev–Trinajstić information content (AvgIpc) is 2.63. The number of aromatic nitrogens is 2. The van der Waals surface area contributed by atoms with E-state index >= 15 is 0 Å². The maximum absolute atomic E-state index is 14.5. The number of hydrogen-bond acceptors (Lipinski definition) is 5. The lowest BCUT2D eigenvalue weighted by molar-refractivity contribution is -0.273. The highest BCUT2D eigenvalue weighted by Crippen LogP contribution is 2.51. The van der Waals surface area contributed by atoms with Gasteiger partial charge in [-0.1, -0.05) is 0 Å². The molecule has 11 heteroatoms. The molecule has 1 fully saturated rings. The van der Waals surface area contributed by atoms with Crippen molar-refractivity contribution in [1.29, 1.82) is 0 Å². The quantitative estimate of drug-likeness (QED) is 0.541. The van der Waals surface area contributed by atoms with Crippen LogP contribution in [0, 0.1) is 4.77 Å². The van der Waals surface area contributed by atoms with Crippen molar-refractivity contribution in [3.8, 4) is 0 Å². The van der Waals surface area contributed by atoms with Gasteiger partial charge in [-0.3, -0.25) is 14.3 Å². The highest BCUT2D eigenvalue weighted by atomic mass is 32.1. The van der Waals surface area contributed by atoms with Crippen LogP contribution in [0.25, 0.3) is 0 Å². The number of nitrogens with one attached hydrogen (secondary N) is 1. The molecule has 4 atom stereocenters. The lowest BCUT2D eigenvalue weighted by Gasteiger charge is -2.31. The topological polar surface area (TPSA) is 87.5 Å². The van der Waals surface area contributed by atoms with Crippen molar-refractivity contribution in [2.75, 3.05) is 6.61 Å². The molecule has 6 nitrogen and oxygen atoms in total. The van der Waals surface area contributed by atoms with E-state index in [1.54, 1.807) is 0 Å². The number of nitrogens with zero attached hydrogens (tertiary/aromatic N) is 1. The van der Waals surface area contributed by atoms with Gasteiger partial charge in [0.25, 0.3) is 11.2 Å². The van der Waals surface area contributed by atoms with E-state index in [0.29, 0.717) is 4.57 Å². The number of rotatable bonds is 2. The van der Waals surface area contributed by atoms with Gasteiger partial charge in [-0.2, -0.15) is 13.2 Å². The van der Waals surface area contributed by atoms with Crippen LogP contribution in [0.15, 0.2) is 17.1 Å². The Morgan fingerprint density at radius 3 is 2.62 bits per heavy atom. The summed E-state index contributed by atoms with van der Waals surface area (Å²) in [6, 6.07) is 0.828. The van der Waals surface area contributed by atoms with E-state index < -0.39 is 47.2 Å². The van der Waals surface area contributed by atoms with E-state index in [9.17, 15) is 27.5 Å². The van der Waals surface area contributed by atoms with Gasteiger partial charge in [0.15, 0.2) is 11.0 Å². The molecule has 2 heterocycles. The predicted octanol–water partition coefficient (Wildman–Crippen LogP) is 0.427. The Bertz CT molecular complexity index is 645. The number of aromatic amines is 1. The molecule has 1 aromatic heterocycles. The zero-order valence-corrected chi connectivity index (χ0v) is 11.0. The van der Waals surface area contributed by atoms with Gasteiger partial charge in [-0.15, -0.1) is 0 Å². The van der Waals surface area contributed by atoms with Crippen molar-refractivity contribution in [2.24, 2.45) is 0 Å². The predicted molar refractivity (Wildman–Crippen MR) is 62.8 cm³/mol. The molecule has 0 amide bonds. The molecule has 1 saturated heterocycles. The molecular weight excluding hydrogens is 320 g/mol. The summed E-state index contributed by atoms with van der Waals surface area (Å²) in [5.41, 5.74) is -4.87. The Hall–Kier alpha value is -1.30. The minimum atomic E-state index is -5.48. The van der Waals surface area contributed by atoms with E-state index in [1.165, 1.54) is 0 Å². The second kappa shape index (κ2) is 5.16. The second-order valence-electron chi connectivity index (χ2n) is 4.44. The van der Waals surface area contributed by atoms with Crippen molar-refractivity contribution in [3.63, 3.8) is 0 Å². The standard InChI is InChI=1S/C10H10F4N2O4S/c11-9(10(12,13)14)6(19)4(3-17)20-7(9)16-2-1-5(18)15-8(16)21/h1-2,4,6-7,17,19H,3H2,(H,15,18,21)/t4-,6+,7-,9?/m1/s1. The van der Waals surface area contributed by atoms with Gasteiger partial charge in [0, 0.05) is 12.3 Å². The van der Waals surface area contributed by atoms with Gasteiger partial charge in [-0.05, 0) is 12.2 Å². The molecule has 0 spiro atoms. The van der Waals surface area contributed by atoms with Gasteiger partial charge in [0.2, 0.25) is 0 Å². The minimum Gasteiger partial charge on any atom is -0.394 e. The summed E-state index contributed by atoms with van der Waals surface area (Å²) in [6.45, 7) is -1.02. The summed E-state index contributed by atoms with van der Waals surface area (Å²) < 4.78 is 58.4. The Morgan fingerprint density at radius 1 is 1.52 bits per heavy atom. The Kier molecular flexibility index (Phi) is 3.95. The first-order chi connectivity index (χ1) is 9.62. The zero-order chi connectivity index (χ0) is 16.0. The summed E-state index contributed by atoms with van der Waals surface area (Å²) in [5.74, 6) is 0. The van der Waals surface area contributed by atoms with Gasteiger partial charge in [0.1, 0.15) is 12.2 Å². The number of alkyl halides is 4. The normalized spacial score (nSPS) is 33.3. The van der Waals surface area contributed by atoms with Crippen LogP contribution in [-0.2, 0) is 4.74 Å². The SMILES string of the molecule is O=c1ccn([C@@H]2O[C@H](CO)[C@H](O)C2(F)C(F)(F)F)c(=S)[nH]1. The molecule has 1 aliphatic rings. The lowest BCUT2D eigenvalue weighted by Crippen LogP contribution is -2.54. The summed E-state index contributed by atoms with van der Waals surface area (Å²) in [4.78, 5) is 13.0. The van der Waals surface area contributed by atoms with Crippen molar-refractivity contribution >= 4 is 12.2 Å². The largest absolute Gasteiger partial charge is 0.429 e. The van der Waals surface area contributed by atoms with Gasteiger partial charge in [0.05, 0.1) is 6.61 Å². The average molecular weight is 330 g/mol. The van der Waals surface area contributed by atoms with Crippen LogP contribution in [0.4, 0.5) is 17.6 Å². The van der Waals surface area contributed by atoms with E-state index in [-0.39, 0.29) is 0 Å². The molecule has 1 unspecified atom stereocenters. The Balaban J connectivity index is 2.60.